The number of carbonyl (C=O) groups excluding carboxylic acids is 2. The molecule has 35 heavy (non-hydrogen) atoms. The number of ketones is 1. The van der Waals surface area contributed by atoms with Gasteiger partial charge >= 0.3 is 5.97 Å². The number of ether oxygens (including phenoxy) is 4. The molecule has 1 aliphatic carbocycles. The molecule has 0 spiro atoms. The number of rotatable bonds is 7. The predicted octanol–water partition coefficient (Wildman–Crippen LogP) is 5.54. The first-order valence-corrected chi connectivity index (χ1v) is 12.4. The molecule has 2 aromatic carbocycles. The van der Waals surface area contributed by atoms with Crippen LogP contribution in [0.25, 0.3) is 0 Å². The summed E-state index contributed by atoms with van der Waals surface area (Å²) in [5, 5.41) is 0.584. The van der Waals surface area contributed by atoms with Crippen LogP contribution in [0.1, 0.15) is 43.2 Å². The van der Waals surface area contributed by atoms with Crippen LogP contribution in [0.5, 0.6) is 11.5 Å². The van der Waals surface area contributed by atoms with E-state index in [0.717, 1.165) is 5.56 Å². The zero-order chi connectivity index (χ0) is 25.1. The molecule has 0 radical (unpaired) electrons. The highest BCUT2D eigenvalue weighted by Gasteiger charge is 2.41. The molecule has 1 atom stereocenters. The number of esters is 1. The molecule has 0 bridgehead atoms. The maximum absolute atomic E-state index is 13.0. The van der Waals surface area contributed by atoms with Crippen LogP contribution in [0, 0.1) is 0 Å². The molecule has 4 rings (SSSR count). The number of allylic oxidation sites excluding steroid dienone is 2. The summed E-state index contributed by atoms with van der Waals surface area (Å²) >= 11 is 9.48. The van der Waals surface area contributed by atoms with Crippen LogP contribution in [0.4, 0.5) is 0 Å². The van der Waals surface area contributed by atoms with Gasteiger partial charge in [0, 0.05) is 29.0 Å². The first-order valence-electron chi connectivity index (χ1n) is 11.2. The molecule has 1 aliphatic heterocycles. The lowest BCUT2D eigenvalue weighted by molar-refractivity contribution is -0.139. The van der Waals surface area contributed by atoms with Gasteiger partial charge in [-0.05, 0) is 65.2 Å². The normalized spacial score (nSPS) is 17.6. The molecule has 2 aliphatic rings. The zero-order valence-corrected chi connectivity index (χ0v) is 21.7. The van der Waals surface area contributed by atoms with Crippen molar-refractivity contribution in [1.82, 2.24) is 0 Å². The van der Waals surface area contributed by atoms with E-state index in [-0.39, 0.29) is 30.5 Å². The molecular weight excluding hydrogens is 538 g/mol. The molecule has 184 valence electrons. The summed E-state index contributed by atoms with van der Waals surface area (Å²) in [7, 11) is 1.57. The maximum Gasteiger partial charge on any atom is 0.340 e. The second kappa shape index (κ2) is 10.7. The monoisotopic (exact) mass is 561 g/mol. The van der Waals surface area contributed by atoms with Crippen molar-refractivity contribution >= 4 is 39.3 Å². The van der Waals surface area contributed by atoms with Crippen molar-refractivity contribution in [3.8, 4) is 11.5 Å². The lowest BCUT2D eigenvalue weighted by Crippen LogP contribution is -2.31. The van der Waals surface area contributed by atoms with Gasteiger partial charge in [-0.3, -0.25) is 4.79 Å². The molecule has 2 aromatic rings. The Morgan fingerprint density at radius 2 is 1.97 bits per heavy atom. The summed E-state index contributed by atoms with van der Waals surface area (Å²) < 4.78 is 23.3. The summed E-state index contributed by atoms with van der Waals surface area (Å²) in [6.45, 7) is 2.05. The van der Waals surface area contributed by atoms with Gasteiger partial charge in [-0.25, -0.2) is 4.79 Å². The number of carbonyl (C=O) groups is 2. The fraction of sp³-hybridized carbons (Fsp3) is 0.308. The Labute approximate surface area is 216 Å². The molecule has 7 nitrogen and oxygen atoms in total. The van der Waals surface area contributed by atoms with Crippen molar-refractivity contribution < 1.29 is 28.5 Å². The minimum atomic E-state index is -0.711. The van der Waals surface area contributed by atoms with E-state index in [0.29, 0.717) is 57.2 Å². The summed E-state index contributed by atoms with van der Waals surface area (Å²) in [4.78, 5) is 25.9. The van der Waals surface area contributed by atoms with E-state index in [4.69, 9.17) is 36.3 Å². The van der Waals surface area contributed by atoms with Crippen LogP contribution in [-0.2, 0) is 25.7 Å². The molecule has 0 aromatic heterocycles. The lowest BCUT2D eigenvalue weighted by Gasteiger charge is -2.32. The highest BCUT2D eigenvalue weighted by atomic mass is 79.9. The van der Waals surface area contributed by atoms with Crippen LogP contribution < -0.4 is 15.2 Å². The molecule has 0 saturated carbocycles. The molecule has 0 fully saturated rings. The van der Waals surface area contributed by atoms with Crippen molar-refractivity contribution in [3.05, 3.63) is 79.8 Å². The van der Waals surface area contributed by atoms with E-state index in [9.17, 15) is 9.59 Å². The first kappa shape index (κ1) is 25.1. The predicted molar refractivity (Wildman–Crippen MR) is 134 cm³/mol. The molecule has 2 N–H and O–H groups in total. The standard InChI is InChI=1S/C26H25BrClNO6/c1-3-33-26(31)24-22(23-18(30)5-4-6-21(23)35-25(24)29)14-7-9-19(32-2)15(11-14)13-34-20-10-8-16(28)12-17(20)27/h7-12,22H,3-6,13,29H2,1-2H3. The average Bonchev–Trinajstić information content (AvgIpc) is 2.82. The van der Waals surface area contributed by atoms with Crippen LogP contribution in [-0.4, -0.2) is 25.5 Å². The van der Waals surface area contributed by atoms with Crippen molar-refractivity contribution in [2.24, 2.45) is 5.73 Å². The Bertz CT molecular complexity index is 1240. The summed E-state index contributed by atoms with van der Waals surface area (Å²) in [5.41, 5.74) is 8.19. The van der Waals surface area contributed by atoms with E-state index < -0.39 is 11.9 Å². The maximum atomic E-state index is 13.0. The topological polar surface area (TPSA) is 97.1 Å². The largest absolute Gasteiger partial charge is 0.496 e. The van der Waals surface area contributed by atoms with Gasteiger partial charge in [0.2, 0.25) is 5.88 Å². The Balaban J connectivity index is 1.76. The molecule has 0 saturated heterocycles. The average molecular weight is 563 g/mol. The summed E-state index contributed by atoms with van der Waals surface area (Å²) in [5.74, 6) is 0.290. The molecule has 1 unspecified atom stereocenters. The van der Waals surface area contributed by atoms with Gasteiger partial charge in [0.05, 0.1) is 24.1 Å². The third-order valence-corrected chi connectivity index (χ3v) is 6.75. The van der Waals surface area contributed by atoms with E-state index in [1.165, 1.54) is 0 Å². The minimum Gasteiger partial charge on any atom is -0.496 e. The number of methoxy groups -OCH3 is 1. The van der Waals surface area contributed by atoms with Gasteiger partial charge < -0.3 is 24.7 Å². The lowest BCUT2D eigenvalue weighted by atomic mass is 9.77. The van der Waals surface area contributed by atoms with E-state index in [2.05, 4.69) is 15.9 Å². The minimum absolute atomic E-state index is 0.0411. The van der Waals surface area contributed by atoms with Gasteiger partial charge in [0.25, 0.3) is 0 Å². The smallest absolute Gasteiger partial charge is 0.340 e. The van der Waals surface area contributed by atoms with E-state index in [1.54, 1.807) is 38.3 Å². The highest BCUT2D eigenvalue weighted by molar-refractivity contribution is 9.10. The van der Waals surface area contributed by atoms with Crippen LogP contribution in [0.15, 0.2) is 63.7 Å². The summed E-state index contributed by atoms with van der Waals surface area (Å²) in [6.07, 6.45) is 1.63. The van der Waals surface area contributed by atoms with Crippen LogP contribution in [0.2, 0.25) is 5.02 Å². The van der Waals surface area contributed by atoms with Gasteiger partial charge in [-0.1, -0.05) is 17.7 Å². The van der Waals surface area contributed by atoms with Gasteiger partial charge in [-0.15, -0.1) is 0 Å². The van der Waals surface area contributed by atoms with E-state index >= 15 is 0 Å². The zero-order valence-electron chi connectivity index (χ0n) is 19.4. The Morgan fingerprint density at radius 3 is 2.69 bits per heavy atom. The fourth-order valence-corrected chi connectivity index (χ4v) is 5.13. The van der Waals surface area contributed by atoms with E-state index in [1.807, 2.05) is 12.1 Å². The number of hydrogen-bond donors (Lipinski definition) is 1. The van der Waals surface area contributed by atoms with Crippen molar-refractivity contribution in [2.75, 3.05) is 13.7 Å². The number of nitrogens with two attached hydrogens (primary N) is 1. The molecular formula is C26H25BrClNO6. The van der Waals surface area contributed by atoms with Crippen LogP contribution >= 0.6 is 27.5 Å². The third-order valence-electron chi connectivity index (χ3n) is 5.89. The fourth-order valence-electron chi connectivity index (χ4n) is 4.34. The Kier molecular flexibility index (Phi) is 7.72. The number of hydrogen-bond acceptors (Lipinski definition) is 7. The highest BCUT2D eigenvalue weighted by Crippen LogP contribution is 2.45. The Hall–Kier alpha value is -2.97. The quantitative estimate of drug-likeness (QED) is 0.442. The van der Waals surface area contributed by atoms with Crippen molar-refractivity contribution in [1.29, 1.82) is 0 Å². The third kappa shape index (κ3) is 5.18. The van der Waals surface area contributed by atoms with Crippen LogP contribution in [0.3, 0.4) is 0 Å². The van der Waals surface area contributed by atoms with Gasteiger partial charge in [-0.2, -0.15) is 0 Å². The molecule has 9 heteroatoms. The number of benzene rings is 2. The Morgan fingerprint density at radius 1 is 1.20 bits per heavy atom. The van der Waals surface area contributed by atoms with Gasteiger partial charge in [0.1, 0.15) is 29.4 Å². The first-order chi connectivity index (χ1) is 16.8. The number of halogens is 2. The van der Waals surface area contributed by atoms with Gasteiger partial charge in [0.15, 0.2) is 5.78 Å². The van der Waals surface area contributed by atoms with Crippen molar-refractivity contribution in [2.45, 2.75) is 38.7 Å². The second-order valence-corrected chi connectivity index (χ2v) is 9.37. The SMILES string of the molecule is CCOC(=O)C1=C(N)OC2=C(C(=O)CCC2)C1c1ccc(OC)c(COc2ccc(Cl)cc2Br)c1. The molecule has 0 amide bonds. The number of Topliss-reactive ketones (excluding diaryl/α,β-unsaturated/α-hetero) is 1. The second-order valence-electron chi connectivity index (χ2n) is 8.08. The summed E-state index contributed by atoms with van der Waals surface area (Å²) in [6, 6.07) is 10.7. The van der Waals surface area contributed by atoms with Crippen molar-refractivity contribution in [3.63, 3.8) is 0 Å². The molecule has 1 heterocycles.